The lowest BCUT2D eigenvalue weighted by atomic mass is 10.1. The van der Waals surface area contributed by atoms with Gasteiger partial charge in [-0.05, 0) is 35.7 Å². The average Bonchev–Trinajstić information content (AvgIpc) is 2.61. The van der Waals surface area contributed by atoms with Gasteiger partial charge in [0.25, 0.3) is 0 Å². The SMILES string of the molecule is N#Cc1ccc(F)c(CNC(=O)NCCc2ccc(CO)cc2)c1. The number of aliphatic hydroxyl groups excluding tert-OH is 1. The number of aliphatic hydroxyl groups is 1. The molecule has 0 aliphatic heterocycles. The number of hydrogen-bond acceptors (Lipinski definition) is 3. The minimum atomic E-state index is -0.460. The molecule has 0 spiro atoms. The molecule has 0 aliphatic rings. The lowest BCUT2D eigenvalue weighted by Gasteiger charge is -2.09. The van der Waals surface area contributed by atoms with Gasteiger partial charge in [0.05, 0.1) is 18.2 Å². The molecule has 2 amide bonds. The Hall–Kier alpha value is -2.91. The Morgan fingerprint density at radius 3 is 2.50 bits per heavy atom. The summed E-state index contributed by atoms with van der Waals surface area (Å²) in [4.78, 5) is 11.7. The number of rotatable bonds is 6. The number of nitrogens with one attached hydrogen (secondary N) is 2. The third kappa shape index (κ3) is 5.07. The number of carbonyl (C=O) groups is 1. The van der Waals surface area contributed by atoms with Gasteiger partial charge in [0.1, 0.15) is 5.82 Å². The van der Waals surface area contributed by atoms with E-state index in [2.05, 4.69) is 10.6 Å². The van der Waals surface area contributed by atoms with Crippen molar-refractivity contribution in [1.82, 2.24) is 10.6 Å². The van der Waals surface area contributed by atoms with Crippen molar-refractivity contribution in [2.24, 2.45) is 0 Å². The molecule has 0 heterocycles. The van der Waals surface area contributed by atoms with E-state index in [1.165, 1.54) is 18.2 Å². The molecule has 24 heavy (non-hydrogen) atoms. The highest BCUT2D eigenvalue weighted by atomic mass is 19.1. The van der Waals surface area contributed by atoms with Crippen LogP contribution in [0.5, 0.6) is 0 Å². The molecule has 0 aromatic heterocycles. The van der Waals surface area contributed by atoms with Crippen molar-refractivity contribution in [1.29, 1.82) is 5.26 Å². The van der Waals surface area contributed by atoms with Crippen LogP contribution in [0.4, 0.5) is 9.18 Å². The molecule has 2 aromatic carbocycles. The van der Waals surface area contributed by atoms with Crippen molar-refractivity contribution in [3.63, 3.8) is 0 Å². The third-order valence-corrected chi connectivity index (χ3v) is 3.52. The van der Waals surface area contributed by atoms with Crippen molar-refractivity contribution in [3.8, 4) is 6.07 Å². The van der Waals surface area contributed by atoms with Gasteiger partial charge in [0, 0.05) is 18.7 Å². The van der Waals surface area contributed by atoms with Crippen molar-refractivity contribution in [3.05, 3.63) is 70.5 Å². The number of hydrogen-bond donors (Lipinski definition) is 3. The summed E-state index contributed by atoms with van der Waals surface area (Å²) < 4.78 is 13.6. The zero-order valence-electron chi connectivity index (χ0n) is 13.1. The quantitative estimate of drug-likeness (QED) is 0.760. The second kappa shape index (κ2) is 8.65. The fraction of sp³-hybridized carbons (Fsp3) is 0.222. The smallest absolute Gasteiger partial charge is 0.315 e. The first-order chi connectivity index (χ1) is 11.6. The van der Waals surface area contributed by atoms with Gasteiger partial charge in [-0.15, -0.1) is 0 Å². The summed E-state index contributed by atoms with van der Waals surface area (Å²) in [5, 5.41) is 23.0. The molecule has 0 fully saturated rings. The van der Waals surface area contributed by atoms with Gasteiger partial charge in [-0.3, -0.25) is 0 Å². The molecule has 6 heteroatoms. The number of nitrogens with zero attached hydrogens (tertiary/aromatic N) is 1. The lowest BCUT2D eigenvalue weighted by molar-refractivity contribution is 0.240. The molecule has 0 saturated carbocycles. The first kappa shape index (κ1) is 17.4. The molecule has 124 valence electrons. The molecule has 0 bridgehead atoms. The Labute approximate surface area is 139 Å². The molecular formula is C18H18FN3O2. The van der Waals surface area contributed by atoms with E-state index in [0.717, 1.165) is 11.1 Å². The van der Waals surface area contributed by atoms with Gasteiger partial charge in [-0.1, -0.05) is 24.3 Å². The van der Waals surface area contributed by atoms with Crippen LogP contribution < -0.4 is 10.6 Å². The van der Waals surface area contributed by atoms with E-state index in [1.807, 2.05) is 30.3 Å². The molecule has 0 atom stereocenters. The lowest BCUT2D eigenvalue weighted by Crippen LogP contribution is -2.36. The summed E-state index contributed by atoms with van der Waals surface area (Å²) in [6.45, 7) is 0.452. The van der Waals surface area contributed by atoms with Crippen LogP contribution in [-0.4, -0.2) is 17.7 Å². The minimum absolute atomic E-state index is 0.00446. The number of amides is 2. The van der Waals surface area contributed by atoms with Crippen LogP contribution in [0.3, 0.4) is 0 Å². The Kier molecular flexibility index (Phi) is 6.29. The Balaban J connectivity index is 1.76. The first-order valence-corrected chi connectivity index (χ1v) is 7.51. The van der Waals surface area contributed by atoms with E-state index >= 15 is 0 Å². The Morgan fingerprint density at radius 2 is 1.83 bits per heavy atom. The second-order valence-electron chi connectivity index (χ2n) is 5.25. The van der Waals surface area contributed by atoms with Crippen LogP contribution in [0.2, 0.25) is 0 Å². The fourth-order valence-electron chi connectivity index (χ4n) is 2.15. The number of halogens is 1. The topological polar surface area (TPSA) is 85.2 Å². The molecule has 3 N–H and O–H groups in total. The Morgan fingerprint density at radius 1 is 1.12 bits per heavy atom. The van der Waals surface area contributed by atoms with Gasteiger partial charge in [0.2, 0.25) is 0 Å². The van der Waals surface area contributed by atoms with Gasteiger partial charge in [-0.2, -0.15) is 5.26 Å². The van der Waals surface area contributed by atoms with Gasteiger partial charge >= 0.3 is 6.03 Å². The highest BCUT2D eigenvalue weighted by Crippen LogP contribution is 2.09. The van der Waals surface area contributed by atoms with Crippen LogP contribution >= 0.6 is 0 Å². The predicted octanol–water partition coefficient (Wildman–Crippen LogP) is 2.23. The van der Waals surface area contributed by atoms with E-state index in [9.17, 15) is 9.18 Å². The van der Waals surface area contributed by atoms with Crippen LogP contribution in [0.25, 0.3) is 0 Å². The molecule has 0 unspecified atom stereocenters. The summed E-state index contributed by atoms with van der Waals surface area (Å²) in [7, 11) is 0. The van der Waals surface area contributed by atoms with Crippen LogP contribution in [0, 0.1) is 17.1 Å². The molecular weight excluding hydrogens is 309 g/mol. The summed E-state index contributed by atoms with van der Waals surface area (Å²) in [6, 6.07) is 13.0. The fourth-order valence-corrected chi connectivity index (χ4v) is 2.15. The number of urea groups is 1. The standard InChI is InChI=1S/C18H18FN3O2/c19-17-6-5-15(10-20)9-16(17)11-22-18(24)21-8-7-13-1-3-14(12-23)4-2-13/h1-6,9,23H,7-8,11-12H2,(H2,21,22,24). The highest BCUT2D eigenvalue weighted by molar-refractivity contribution is 5.73. The van der Waals surface area contributed by atoms with Crippen molar-refractivity contribution in [2.45, 2.75) is 19.6 Å². The van der Waals surface area contributed by atoms with Crippen LogP contribution in [0.1, 0.15) is 22.3 Å². The molecule has 5 nitrogen and oxygen atoms in total. The third-order valence-electron chi connectivity index (χ3n) is 3.52. The van der Waals surface area contributed by atoms with Gasteiger partial charge in [-0.25, -0.2) is 9.18 Å². The van der Waals surface area contributed by atoms with Crippen molar-refractivity contribution in [2.75, 3.05) is 6.54 Å². The normalized spacial score (nSPS) is 10.0. The summed E-state index contributed by atoms with van der Waals surface area (Å²) >= 11 is 0. The largest absolute Gasteiger partial charge is 0.392 e. The first-order valence-electron chi connectivity index (χ1n) is 7.51. The minimum Gasteiger partial charge on any atom is -0.392 e. The average molecular weight is 327 g/mol. The van der Waals surface area contributed by atoms with E-state index in [0.29, 0.717) is 18.5 Å². The molecule has 0 radical (unpaired) electrons. The predicted molar refractivity (Wildman–Crippen MR) is 87.4 cm³/mol. The maximum Gasteiger partial charge on any atom is 0.315 e. The zero-order valence-corrected chi connectivity index (χ0v) is 13.1. The second-order valence-corrected chi connectivity index (χ2v) is 5.25. The summed E-state index contributed by atoms with van der Waals surface area (Å²) in [5.41, 5.74) is 2.50. The summed E-state index contributed by atoms with van der Waals surface area (Å²) in [6.07, 6.45) is 0.650. The van der Waals surface area contributed by atoms with E-state index in [-0.39, 0.29) is 18.7 Å². The van der Waals surface area contributed by atoms with E-state index < -0.39 is 11.8 Å². The van der Waals surface area contributed by atoms with E-state index in [4.69, 9.17) is 10.4 Å². The van der Waals surface area contributed by atoms with Gasteiger partial charge < -0.3 is 15.7 Å². The summed E-state index contributed by atoms with van der Waals surface area (Å²) in [5.74, 6) is -0.460. The van der Waals surface area contributed by atoms with Crippen molar-refractivity contribution < 1.29 is 14.3 Å². The highest BCUT2D eigenvalue weighted by Gasteiger charge is 2.06. The van der Waals surface area contributed by atoms with Crippen molar-refractivity contribution >= 4 is 6.03 Å². The zero-order chi connectivity index (χ0) is 17.4. The number of carbonyl (C=O) groups excluding carboxylic acids is 1. The maximum atomic E-state index is 13.6. The van der Waals surface area contributed by atoms with Crippen LogP contribution in [0.15, 0.2) is 42.5 Å². The Bertz CT molecular complexity index is 739. The maximum absolute atomic E-state index is 13.6. The number of nitriles is 1. The molecule has 0 saturated heterocycles. The molecule has 0 aliphatic carbocycles. The number of benzene rings is 2. The van der Waals surface area contributed by atoms with Gasteiger partial charge in [0.15, 0.2) is 0 Å². The monoisotopic (exact) mass is 327 g/mol. The van der Waals surface area contributed by atoms with E-state index in [1.54, 1.807) is 0 Å². The van der Waals surface area contributed by atoms with Crippen LogP contribution in [-0.2, 0) is 19.6 Å². The molecule has 2 rings (SSSR count). The molecule has 2 aromatic rings.